The van der Waals surface area contributed by atoms with Gasteiger partial charge in [-0.3, -0.25) is 0 Å². The minimum atomic E-state index is 0.759. The van der Waals surface area contributed by atoms with Crippen molar-refractivity contribution < 1.29 is 4.74 Å². The number of ether oxygens (including phenoxy) is 1. The topological polar surface area (TPSA) is 21.3 Å². The molecule has 0 aromatic heterocycles. The standard InChI is InChI=1S/C14H29NO/c1-2-3-12-16-13-11-15-14-9-7-5-4-6-8-10-14/h14-15H,2-13H2,1H3. The number of rotatable bonds is 7. The van der Waals surface area contributed by atoms with Crippen LogP contribution in [-0.4, -0.2) is 25.8 Å². The van der Waals surface area contributed by atoms with Gasteiger partial charge >= 0.3 is 0 Å². The van der Waals surface area contributed by atoms with Crippen LogP contribution in [0.25, 0.3) is 0 Å². The Morgan fingerprint density at radius 3 is 2.38 bits per heavy atom. The van der Waals surface area contributed by atoms with E-state index in [1.54, 1.807) is 0 Å². The Morgan fingerprint density at radius 2 is 1.69 bits per heavy atom. The van der Waals surface area contributed by atoms with Gasteiger partial charge in [-0.05, 0) is 19.3 Å². The molecule has 16 heavy (non-hydrogen) atoms. The van der Waals surface area contributed by atoms with E-state index < -0.39 is 0 Å². The van der Waals surface area contributed by atoms with Gasteiger partial charge in [0.2, 0.25) is 0 Å². The van der Waals surface area contributed by atoms with Gasteiger partial charge in [0.05, 0.1) is 6.61 Å². The smallest absolute Gasteiger partial charge is 0.0590 e. The molecule has 0 amide bonds. The highest BCUT2D eigenvalue weighted by Crippen LogP contribution is 2.16. The summed E-state index contributed by atoms with van der Waals surface area (Å²) in [5, 5.41) is 3.64. The predicted octanol–water partition coefficient (Wildman–Crippen LogP) is 3.51. The Kier molecular flexibility index (Phi) is 8.83. The van der Waals surface area contributed by atoms with Crippen LogP contribution in [0.4, 0.5) is 0 Å². The molecule has 2 nitrogen and oxygen atoms in total. The third-order valence-corrected chi connectivity index (χ3v) is 3.43. The Balaban J connectivity index is 1.93. The zero-order valence-corrected chi connectivity index (χ0v) is 11.0. The first-order valence-corrected chi connectivity index (χ1v) is 7.24. The van der Waals surface area contributed by atoms with Crippen molar-refractivity contribution in [3.63, 3.8) is 0 Å². The molecule has 1 aliphatic carbocycles. The van der Waals surface area contributed by atoms with Crippen LogP contribution in [0.15, 0.2) is 0 Å². The van der Waals surface area contributed by atoms with Crippen molar-refractivity contribution >= 4 is 0 Å². The van der Waals surface area contributed by atoms with Gasteiger partial charge in [-0.15, -0.1) is 0 Å². The second kappa shape index (κ2) is 10.1. The molecule has 1 rings (SSSR count). The first-order valence-electron chi connectivity index (χ1n) is 7.24. The van der Waals surface area contributed by atoms with E-state index in [4.69, 9.17) is 4.74 Å². The molecule has 96 valence electrons. The predicted molar refractivity (Wildman–Crippen MR) is 69.8 cm³/mol. The van der Waals surface area contributed by atoms with Crippen molar-refractivity contribution in [2.24, 2.45) is 0 Å². The highest BCUT2D eigenvalue weighted by molar-refractivity contribution is 4.69. The zero-order valence-electron chi connectivity index (χ0n) is 11.0. The molecule has 0 bridgehead atoms. The molecule has 0 heterocycles. The minimum absolute atomic E-state index is 0.759. The Morgan fingerprint density at radius 1 is 1.00 bits per heavy atom. The van der Waals surface area contributed by atoms with Crippen molar-refractivity contribution in [1.29, 1.82) is 0 Å². The van der Waals surface area contributed by atoms with Crippen LogP contribution in [0.5, 0.6) is 0 Å². The molecular weight excluding hydrogens is 198 g/mol. The Labute approximate surface area is 101 Å². The number of nitrogens with one attached hydrogen (secondary N) is 1. The van der Waals surface area contributed by atoms with Gasteiger partial charge in [0.1, 0.15) is 0 Å². The van der Waals surface area contributed by atoms with Crippen LogP contribution in [0.1, 0.15) is 64.7 Å². The number of hydrogen-bond donors (Lipinski definition) is 1. The van der Waals surface area contributed by atoms with E-state index in [-0.39, 0.29) is 0 Å². The number of unbranched alkanes of at least 4 members (excludes halogenated alkanes) is 1. The normalized spacial score (nSPS) is 19.3. The van der Waals surface area contributed by atoms with E-state index in [0.717, 1.165) is 25.8 Å². The average Bonchev–Trinajstić information content (AvgIpc) is 2.25. The van der Waals surface area contributed by atoms with Crippen molar-refractivity contribution in [2.45, 2.75) is 70.8 Å². The van der Waals surface area contributed by atoms with Crippen LogP contribution in [0.3, 0.4) is 0 Å². The van der Waals surface area contributed by atoms with Crippen LogP contribution >= 0.6 is 0 Å². The quantitative estimate of drug-likeness (QED) is 0.672. The fraction of sp³-hybridized carbons (Fsp3) is 1.00. The summed E-state index contributed by atoms with van der Waals surface area (Å²) in [6, 6.07) is 0.759. The summed E-state index contributed by atoms with van der Waals surface area (Å²) < 4.78 is 5.56. The van der Waals surface area contributed by atoms with E-state index in [9.17, 15) is 0 Å². The number of hydrogen-bond acceptors (Lipinski definition) is 2. The summed E-state index contributed by atoms with van der Waals surface area (Å²) >= 11 is 0. The molecule has 0 spiro atoms. The summed E-state index contributed by atoms with van der Waals surface area (Å²) in [5.74, 6) is 0. The first-order chi connectivity index (χ1) is 7.93. The van der Waals surface area contributed by atoms with Crippen molar-refractivity contribution in [3.8, 4) is 0 Å². The monoisotopic (exact) mass is 227 g/mol. The lowest BCUT2D eigenvalue weighted by molar-refractivity contribution is 0.130. The van der Waals surface area contributed by atoms with Crippen LogP contribution in [0.2, 0.25) is 0 Å². The zero-order chi connectivity index (χ0) is 11.5. The van der Waals surface area contributed by atoms with Gasteiger partial charge in [0.15, 0.2) is 0 Å². The fourth-order valence-electron chi connectivity index (χ4n) is 2.34. The van der Waals surface area contributed by atoms with Gasteiger partial charge < -0.3 is 10.1 Å². The molecule has 0 atom stereocenters. The van der Waals surface area contributed by atoms with Crippen molar-refractivity contribution in [1.82, 2.24) is 5.32 Å². The van der Waals surface area contributed by atoms with Gasteiger partial charge in [-0.25, -0.2) is 0 Å². The molecule has 0 radical (unpaired) electrons. The van der Waals surface area contributed by atoms with Gasteiger partial charge in [-0.2, -0.15) is 0 Å². The van der Waals surface area contributed by atoms with Crippen LogP contribution < -0.4 is 5.32 Å². The van der Waals surface area contributed by atoms with E-state index in [2.05, 4.69) is 12.2 Å². The van der Waals surface area contributed by atoms with Crippen LogP contribution in [0, 0.1) is 0 Å². The fourth-order valence-corrected chi connectivity index (χ4v) is 2.34. The lowest BCUT2D eigenvalue weighted by atomic mass is 9.97. The van der Waals surface area contributed by atoms with Gasteiger partial charge in [-0.1, -0.05) is 45.4 Å². The first kappa shape index (κ1) is 14.0. The third-order valence-electron chi connectivity index (χ3n) is 3.43. The summed E-state index contributed by atoms with van der Waals surface area (Å²) in [7, 11) is 0. The summed E-state index contributed by atoms with van der Waals surface area (Å²) in [6.07, 6.45) is 12.3. The van der Waals surface area contributed by atoms with Gasteiger partial charge in [0, 0.05) is 19.2 Å². The maximum Gasteiger partial charge on any atom is 0.0590 e. The summed E-state index contributed by atoms with van der Waals surface area (Å²) in [6.45, 7) is 5.06. The minimum Gasteiger partial charge on any atom is -0.380 e. The molecule has 0 aromatic carbocycles. The van der Waals surface area contributed by atoms with E-state index >= 15 is 0 Å². The van der Waals surface area contributed by atoms with E-state index in [0.29, 0.717) is 0 Å². The maximum absolute atomic E-state index is 5.56. The van der Waals surface area contributed by atoms with Gasteiger partial charge in [0.25, 0.3) is 0 Å². The lowest BCUT2D eigenvalue weighted by Crippen LogP contribution is -2.32. The molecule has 1 aliphatic rings. The molecule has 0 saturated heterocycles. The third kappa shape index (κ3) is 7.24. The van der Waals surface area contributed by atoms with E-state index in [1.807, 2.05) is 0 Å². The molecule has 2 heteroatoms. The largest absolute Gasteiger partial charge is 0.380 e. The molecule has 1 fully saturated rings. The molecule has 1 N–H and O–H groups in total. The Hall–Kier alpha value is -0.0800. The maximum atomic E-state index is 5.56. The molecular formula is C14H29NO. The molecule has 0 aromatic rings. The SMILES string of the molecule is CCCCOCCNC1CCCCCCC1. The Bertz CT molecular complexity index is 142. The van der Waals surface area contributed by atoms with Crippen LogP contribution in [-0.2, 0) is 4.74 Å². The van der Waals surface area contributed by atoms with Crippen molar-refractivity contribution in [3.05, 3.63) is 0 Å². The second-order valence-corrected chi connectivity index (χ2v) is 4.96. The second-order valence-electron chi connectivity index (χ2n) is 4.96. The lowest BCUT2D eigenvalue weighted by Gasteiger charge is -2.21. The highest BCUT2D eigenvalue weighted by atomic mass is 16.5. The molecule has 0 unspecified atom stereocenters. The van der Waals surface area contributed by atoms with E-state index in [1.165, 1.54) is 57.8 Å². The molecule has 0 aliphatic heterocycles. The summed E-state index contributed by atoms with van der Waals surface area (Å²) in [4.78, 5) is 0. The highest BCUT2D eigenvalue weighted by Gasteiger charge is 2.09. The summed E-state index contributed by atoms with van der Waals surface area (Å²) in [5.41, 5.74) is 0. The molecule has 1 saturated carbocycles. The van der Waals surface area contributed by atoms with Crippen molar-refractivity contribution in [2.75, 3.05) is 19.8 Å². The average molecular weight is 227 g/mol.